The number of halogens is 1. The molecule has 156 valence electrons. The van der Waals surface area contributed by atoms with Crippen LogP contribution in [-0.4, -0.2) is 15.4 Å². The van der Waals surface area contributed by atoms with E-state index in [0.717, 1.165) is 5.56 Å². The second kappa shape index (κ2) is 8.66. The Morgan fingerprint density at radius 2 is 1.90 bits per heavy atom. The molecule has 0 aliphatic carbocycles. The molecule has 2 heterocycles. The van der Waals surface area contributed by atoms with Crippen LogP contribution in [0, 0.1) is 12.7 Å². The number of hydrogen-bond donors (Lipinski definition) is 2. The van der Waals surface area contributed by atoms with E-state index in [9.17, 15) is 14.0 Å². The molecule has 31 heavy (non-hydrogen) atoms. The van der Waals surface area contributed by atoms with Crippen LogP contribution in [0.25, 0.3) is 5.65 Å². The fourth-order valence-corrected chi connectivity index (χ4v) is 3.08. The first-order valence-electron chi connectivity index (χ1n) is 9.53. The van der Waals surface area contributed by atoms with Gasteiger partial charge in [-0.25, -0.2) is 14.2 Å². The largest absolute Gasteiger partial charge is 0.485 e. The van der Waals surface area contributed by atoms with Gasteiger partial charge in [0.05, 0.1) is 11.4 Å². The maximum Gasteiger partial charge on any atom is 0.323 e. The van der Waals surface area contributed by atoms with Gasteiger partial charge in [-0.15, -0.1) is 0 Å². The van der Waals surface area contributed by atoms with E-state index < -0.39 is 11.8 Å². The molecule has 0 aliphatic rings. The molecule has 2 aromatic carbocycles. The first-order chi connectivity index (χ1) is 15.0. The molecular weight excluding hydrogens is 399 g/mol. The Labute approximate surface area is 177 Å². The Bertz CT molecular complexity index is 1320. The van der Waals surface area contributed by atoms with Crippen molar-refractivity contribution in [2.24, 2.45) is 0 Å². The number of hydrogen-bond acceptors (Lipinski definition) is 4. The van der Waals surface area contributed by atoms with Gasteiger partial charge in [0.1, 0.15) is 23.8 Å². The highest BCUT2D eigenvalue weighted by molar-refractivity contribution is 6.00. The lowest BCUT2D eigenvalue weighted by atomic mass is 10.3. The number of aromatic nitrogens is 2. The number of anilines is 2. The number of para-hydroxylation sites is 2. The van der Waals surface area contributed by atoms with Gasteiger partial charge in [0.25, 0.3) is 5.56 Å². The predicted octanol–water partition coefficient (Wildman–Crippen LogP) is 4.37. The minimum atomic E-state index is -0.542. The standard InChI is InChI=1S/C23H19FN4O3/c1-15-6-5-11-28-21(29)13-18(25-22(15)28)14-31-20-10-3-2-9-19(20)27-23(30)26-17-8-4-7-16(24)12-17/h2-13H,14H2,1H3,(H2,26,27,30). The summed E-state index contributed by atoms with van der Waals surface area (Å²) in [6.07, 6.45) is 1.67. The molecular formula is C23H19FN4O3. The number of amides is 2. The maximum absolute atomic E-state index is 13.3. The number of carbonyl (C=O) groups excluding carboxylic acids is 1. The van der Waals surface area contributed by atoms with Crippen molar-refractivity contribution in [2.75, 3.05) is 10.6 Å². The van der Waals surface area contributed by atoms with Crippen LogP contribution < -0.4 is 20.9 Å². The summed E-state index contributed by atoms with van der Waals surface area (Å²) in [5.74, 6) is -0.0424. The summed E-state index contributed by atoms with van der Waals surface area (Å²) in [5, 5.41) is 5.25. The number of nitrogens with zero attached hydrogens (tertiary/aromatic N) is 2. The van der Waals surface area contributed by atoms with E-state index in [1.807, 2.05) is 13.0 Å². The van der Waals surface area contributed by atoms with Crippen LogP contribution in [0.5, 0.6) is 5.75 Å². The number of fused-ring (bicyclic) bond motifs is 1. The molecule has 0 saturated heterocycles. The fraction of sp³-hybridized carbons (Fsp3) is 0.0870. The van der Waals surface area contributed by atoms with Crippen molar-refractivity contribution in [3.63, 3.8) is 0 Å². The summed E-state index contributed by atoms with van der Waals surface area (Å²) in [6.45, 7) is 1.92. The SMILES string of the molecule is Cc1cccn2c(=O)cc(COc3ccccc3NC(=O)Nc3cccc(F)c3)nc12. The van der Waals surface area contributed by atoms with E-state index in [2.05, 4.69) is 15.6 Å². The number of ether oxygens (including phenoxy) is 1. The minimum absolute atomic E-state index is 0.0459. The third-order valence-corrected chi connectivity index (χ3v) is 4.53. The maximum atomic E-state index is 13.3. The fourth-order valence-electron chi connectivity index (χ4n) is 3.08. The number of urea groups is 1. The first kappa shape index (κ1) is 20.1. The Hall–Kier alpha value is -4.20. The zero-order valence-electron chi connectivity index (χ0n) is 16.6. The molecule has 0 bridgehead atoms. The Balaban J connectivity index is 1.49. The van der Waals surface area contributed by atoms with E-state index in [4.69, 9.17) is 4.74 Å². The van der Waals surface area contributed by atoms with E-state index in [1.54, 1.807) is 42.6 Å². The number of aryl methyl sites for hydroxylation is 1. The van der Waals surface area contributed by atoms with Gasteiger partial charge in [-0.05, 0) is 48.9 Å². The molecule has 0 atom stereocenters. The van der Waals surface area contributed by atoms with Crippen molar-refractivity contribution in [3.05, 3.63) is 100 Å². The Morgan fingerprint density at radius 3 is 2.74 bits per heavy atom. The van der Waals surface area contributed by atoms with Crippen LogP contribution in [0.4, 0.5) is 20.6 Å². The number of benzene rings is 2. The predicted molar refractivity (Wildman–Crippen MR) is 116 cm³/mol. The number of nitrogens with one attached hydrogen (secondary N) is 2. The molecule has 2 amide bonds. The lowest BCUT2D eigenvalue weighted by Crippen LogP contribution is -2.20. The van der Waals surface area contributed by atoms with E-state index >= 15 is 0 Å². The van der Waals surface area contributed by atoms with Crippen molar-refractivity contribution >= 4 is 23.1 Å². The van der Waals surface area contributed by atoms with Gasteiger partial charge in [-0.1, -0.05) is 24.3 Å². The van der Waals surface area contributed by atoms with Crippen molar-refractivity contribution in [2.45, 2.75) is 13.5 Å². The van der Waals surface area contributed by atoms with E-state index in [0.29, 0.717) is 28.5 Å². The van der Waals surface area contributed by atoms with Crippen LogP contribution >= 0.6 is 0 Å². The lowest BCUT2D eigenvalue weighted by molar-refractivity contribution is 0.261. The van der Waals surface area contributed by atoms with Crippen molar-refractivity contribution in [1.29, 1.82) is 0 Å². The number of rotatable bonds is 5. The molecule has 0 fully saturated rings. The van der Waals surface area contributed by atoms with Crippen LogP contribution in [0.3, 0.4) is 0 Å². The van der Waals surface area contributed by atoms with E-state index in [1.165, 1.54) is 28.7 Å². The van der Waals surface area contributed by atoms with Gasteiger partial charge in [0, 0.05) is 18.0 Å². The van der Waals surface area contributed by atoms with Gasteiger partial charge < -0.3 is 15.4 Å². The molecule has 7 nitrogen and oxygen atoms in total. The van der Waals surface area contributed by atoms with Gasteiger partial charge in [0.15, 0.2) is 0 Å². The quantitative estimate of drug-likeness (QED) is 0.504. The smallest absolute Gasteiger partial charge is 0.323 e. The summed E-state index contributed by atoms with van der Waals surface area (Å²) in [5.41, 5.74) is 2.45. The highest BCUT2D eigenvalue weighted by Crippen LogP contribution is 2.25. The molecule has 8 heteroatoms. The summed E-state index contributed by atoms with van der Waals surface area (Å²) in [7, 11) is 0. The molecule has 0 radical (unpaired) electrons. The van der Waals surface area contributed by atoms with Crippen LogP contribution in [0.15, 0.2) is 77.7 Å². The molecule has 2 N–H and O–H groups in total. The van der Waals surface area contributed by atoms with Crippen molar-refractivity contribution in [3.8, 4) is 5.75 Å². The molecule has 0 aliphatic heterocycles. The molecule has 4 rings (SSSR count). The highest BCUT2D eigenvalue weighted by Gasteiger charge is 2.10. The average Bonchev–Trinajstić information content (AvgIpc) is 2.74. The summed E-state index contributed by atoms with van der Waals surface area (Å²) >= 11 is 0. The summed E-state index contributed by atoms with van der Waals surface area (Å²) in [6, 6.07) is 17.0. The molecule has 0 unspecified atom stereocenters. The highest BCUT2D eigenvalue weighted by atomic mass is 19.1. The Morgan fingerprint density at radius 1 is 1.06 bits per heavy atom. The summed E-state index contributed by atoms with van der Waals surface area (Å²) in [4.78, 5) is 29.1. The second-order valence-electron chi connectivity index (χ2n) is 6.84. The van der Waals surface area contributed by atoms with Crippen LogP contribution in [0.2, 0.25) is 0 Å². The molecule has 2 aromatic heterocycles. The van der Waals surface area contributed by atoms with Gasteiger partial charge in [-0.3, -0.25) is 9.20 Å². The topological polar surface area (TPSA) is 84.7 Å². The van der Waals surface area contributed by atoms with Crippen molar-refractivity contribution in [1.82, 2.24) is 9.38 Å². The van der Waals surface area contributed by atoms with Gasteiger partial charge in [0.2, 0.25) is 0 Å². The van der Waals surface area contributed by atoms with Crippen LogP contribution in [0.1, 0.15) is 11.3 Å². The third kappa shape index (κ3) is 4.69. The van der Waals surface area contributed by atoms with E-state index in [-0.39, 0.29) is 12.2 Å². The van der Waals surface area contributed by atoms with Gasteiger partial charge >= 0.3 is 6.03 Å². The zero-order chi connectivity index (χ0) is 21.8. The number of carbonyl (C=O) groups is 1. The monoisotopic (exact) mass is 418 g/mol. The first-order valence-corrected chi connectivity index (χ1v) is 9.53. The summed E-state index contributed by atoms with van der Waals surface area (Å²) < 4.78 is 20.6. The molecule has 0 spiro atoms. The number of pyridine rings is 1. The molecule has 0 saturated carbocycles. The van der Waals surface area contributed by atoms with Crippen LogP contribution in [-0.2, 0) is 6.61 Å². The van der Waals surface area contributed by atoms with Crippen molar-refractivity contribution < 1.29 is 13.9 Å². The zero-order valence-corrected chi connectivity index (χ0v) is 16.6. The lowest BCUT2D eigenvalue weighted by Gasteiger charge is -2.13. The van der Waals surface area contributed by atoms with Gasteiger partial charge in [-0.2, -0.15) is 0 Å². The Kier molecular flexibility index (Phi) is 5.61. The average molecular weight is 418 g/mol. The normalized spacial score (nSPS) is 10.6. The third-order valence-electron chi connectivity index (χ3n) is 4.53. The molecule has 4 aromatic rings. The second-order valence-corrected chi connectivity index (χ2v) is 6.84. The minimum Gasteiger partial charge on any atom is -0.485 e.